The van der Waals surface area contributed by atoms with Gasteiger partial charge in [0.25, 0.3) is 0 Å². The summed E-state index contributed by atoms with van der Waals surface area (Å²) in [6, 6.07) is 12.6. The molecule has 0 atom stereocenters. The third-order valence-corrected chi connectivity index (χ3v) is 3.52. The fourth-order valence-electron chi connectivity index (χ4n) is 2.51. The van der Waals surface area contributed by atoms with Crippen LogP contribution in [0, 0.1) is 6.20 Å². The molecule has 1 aromatic carbocycles. The van der Waals surface area contributed by atoms with E-state index in [9.17, 15) is 0 Å². The average Bonchev–Trinajstić information content (AvgIpc) is 2.50. The maximum Gasteiger partial charge on any atom is 0.0970 e. The average molecular weight is 252 g/mol. The summed E-state index contributed by atoms with van der Waals surface area (Å²) in [5, 5.41) is 3.39. The Morgan fingerprint density at radius 3 is 2.74 bits per heavy atom. The molecule has 3 heteroatoms. The van der Waals surface area contributed by atoms with Gasteiger partial charge in [-0.25, -0.2) is 0 Å². The summed E-state index contributed by atoms with van der Waals surface area (Å²) in [5.41, 5.74) is 3.68. The van der Waals surface area contributed by atoms with Gasteiger partial charge in [0.05, 0.1) is 6.20 Å². The third-order valence-electron chi connectivity index (χ3n) is 3.52. The molecule has 0 aliphatic carbocycles. The van der Waals surface area contributed by atoms with Gasteiger partial charge in [-0.1, -0.05) is 30.3 Å². The summed E-state index contributed by atoms with van der Waals surface area (Å²) in [6.45, 7) is 5.40. The first kappa shape index (κ1) is 12.3. The molecule has 1 aliphatic heterocycles. The minimum atomic E-state index is 1.00. The van der Waals surface area contributed by atoms with E-state index in [2.05, 4.69) is 51.7 Å². The van der Waals surface area contributed by atoms with Crippen LogP contribution in [0.4, 0.5) is 0 Å². The lowest BCUT2D eigenvalue weighted by Crippen LogP contribution is -2.42. The molecule has 19 heavy (non-hydrogen) atoms. The first-order valence-corrected chi connectivity index (χ1v) is 6.77. The van der Waals surface area contributed by atoms with Gasteiger partial charge in [-0.3, -0.25) is 9.88 Å². The van der Waals surface area contributed by atoms with Crippen molar-refractivity contribution in [3.8, 4) is 11.1 Å². The fourth-order valence-corrected chi connectivity index (χ4v) is 2.51. The molecule has 97 valence electrons. The Bertz CT molecular complexity index is 519. The van der Waals surface area contributed by atoms with Crippen LogP contribution in [0.1, 0.15) is 5.56 Å². The molecule has 2 heterocycles. The van der Waals surface area contributed by atoms with Crippen LogP contribution in [-0.4, -0.2) is 36.1 Å². The molecule has 1 aromatic heterocycles. The largest absolute Gasteiger partial charge is 0.314 e. The number of hydrogen-bond acceptors (Lipinski definition) is 3. The molecule has 0 amide bonds. The molecule has 0 unspecified atom stereocenters. The second-order valence-corrected chi connectivity index (χ2v) is 4.85. The Balaban J connectivity index is 1.85. The number of piperazine rings is 1. The van der Waals surface area contributed by atoms with Gasteiger partial charge in [0.15, 0.2) is 0 Å². The van der Waals surface area contributed by atoms with Crippen molar-refractivity contribution in [1.29, 1.82) is 0 Å². The van der Waals surface area contributed by atoms with Gasteiger partial charge < -0.3 is 5.32 Å². The molecule has 1 saturated heterocycles. The first-order chi connectivity index (χ1) is 9.43. The Morgan fingerprint density at radius 1 is 1.11 bits per heavy atom. The zero-order chi connectivity index (χ0) is 12.9. The van der Waals surface area contributed by atoms with E-state index in [0.717, 1.165) is 38.3 Å². The van der Waals surface area contributed by atoms with Crippen LogP contribution in [-0.2, 0) is 6.54 Å². The van der Waals surface area contributed by atoms with Crippen molar-refractivity contribution in [1.82, 2.24) is 15.2 Å². The molecule has 3 nitrogen and oxygen atoms in total. The molecule has 0 saturated carbocycles. The van der Waals surface area contributed by atoms with Crippen LogP contribution >= 0.6 is 0 Å². The highest BCUT2D eigenvalue weighted by Gasteiger charge is 2.12. The number of hydrogen-bond donors (Lipinski definition) is 1. The van der Waals surface area contributed by atoms with Crippen molar-refractivity contribution in [3.63, 3.8) is 0 Å². The molecule has 3 rings (SSSR count). The van der Waals surface area contributed by atoms with Gasteiger partial charge in [0, 0.05) is 44.5 Å². The van der Waals surface area contributed by atoms with Crippen molar-refractivity contribution in [2.24, 2.45) is 0 Å². The maximum absolute atomic E-state index is 4.10. The molecule has 2 aromatic rings. The van der Waals surface area contributed by atoms with Crippen molar-refractivity contribution < 1.29 is 0 Å². The Morgan fingerprint density at radius 2 is 1.95 bits per heavy atom. The van der Waals surface area contributed by atoms with Crippen LogP contribution in [0.5, 0.6) is 0 Å². The topological polar surface area (TPSA) is 28.2 Å². The molecular weight excluding hydrogens is 234 g/mol. The van der Waals surface area contributed by atoms with E-state index >= 15 is 0 Å². The van der Waals surface area contributed by atoms with Crippen LogP contribution in [0.25, 0.3) is 11.1 Å². The van der Waals surface area contributed by atoms with Crippen molar-refractivity contribution in [2.45, 2.75) is 6.54 Å². The molecule has 1 radical (unpaired) electrons. The summed E-state index contributed by atoms with van der Waals surface area (Å²) >= 11 is 0. The lowest BCUT2D eigenvalue weighted by molar-refractivity contribution is 0.233. The summed E-state index contributed by atoms with van der Waals surface area (Å²) in [6.07, 6.45) is 4.85. The number of aromatic nitrogens is 1. The van der Waals surface area contributed by atoms with E-state index in [0.29, 0.717) is 0 Å². The quantitative estimate of drug-likeness (QED) is 0.905. The first-order valence-electron chi connectivity index (χ1n) is 6.77. The molecular formula is C16H18N3. The zero-order valence-electron chi connectivity index (χ0n) is 11.0. The molecule has 1 N–H and O–H groups in total. The summed E-state index contributed by atoms with van der Waals surface area (Å²) in [5.74, 6) is 0. The number of nitrogens with one attached hydrogen (secondary N) is 1. The minimum Gasteiger partial charge on any atom is -0.314 e. The van der Waals surface area contributed by atoms with Crippen molar-refractivity contribution in [2.75, 3.05) is 26.2 Å². The third kappa shape index (κ3) is 3.00. The fraction of sp³-hybridized carbons (Fsp3) is 0.312. The van der Waals surface area contributed by atoms with Gasteiger partial charge in [-0.2, -0.15) is 0 Å². The standard InChI is InChI=1S/C16H18N3/c1-2-6-16(14-5-3-7-18-12-14)15(4-1)13-19-10-8-17-9-11-19/h1-7,17H,8-11,13H2. The lowest BCUT2D eigenvalue weighted by Gasteiger charge is -2.28. The van der Waals surface area contributed by atoms with E-state index in [-0.39, 0.29) is 0 Å². The highest BCUT2D eigenvalue weighted by atomic mass is 15.2. The normalized spacial score (nSPS) is 16.4. The highest BCUT2D eigenvalue weighted by Crippen LogP contribution is 2.23. The number of nitrogens with zero attached hydrogens (tertiary/aromatic N) is 2. The predicted molar refractivity (Wildman–Crippen MR) is 76.7 cm³/mol. The molecule has 1 fully saturated rings. The Labute approximate surface area is 114 Å². The van der Waals surface area contributed by atoms with Gasteiger partial charge in [0.2, 0.25) is 0 Å². The highest BCUT2D eigenvalue weighted by molar-refractivity contribution is 5.65. The van der Waals surface area contributed by atoms with Crippen molar-refractivity contribution in [3.05, 3.63) is 54.4 Å². The van der Waals surface area contributed by atoms with Crippen LogP contribution in [0.15, 0.2) is 42.6 Å². The van der Waals surface area contributed by atoms with Crippen LogP contribution in [0.2, 0.25) is 0 Å². The van der Waals surface area contributed by atoms with Crippen molar-refractivity contribution >= 4 is 0 Å². The zero-order valence-corrected chi connectivity index (χ0v) is 11.0. The SMILES string of the molecule is [c]1ncccc1-c1ccccc1CN1CCNCC1. The van der Waals surface area contributed by atoms with Crippen LogP contribution in [0.3, 0.4) is 0 Å². The van der Waals surface area contributed by atoms with Gasteiger partial charge >= 0.3 is 0 Å². The molecule has 0 bridgehead atoms. The predicted octanol–water partition coefficient (Wildman–Crippen LogP) is 1.95. The second kappa shape index (κ2) is 5.95. The van der Waals surface area contributed by atoms with E-state index in [1.165, 1.54) is 11.1 Å². The number of pyridine rings is 1. The van der Waals surface area contributed by atoms with Gasteiger partial charge in [-0.15, -0.1) is 0 Å². The minimum absolute atomic E-state index is 1.00. The monoisotopic (exact) mass is 252 g/mol. The Kier molecular flexibility index (Phi) is 3.86. The number of benzene rings is 1. The summed E-state index contributed by atoms with van der Waals surface area (Å²) in [4.78, 5) is 6.59. The lowest BCUT2D eigenvalue weighted by atomic mass is 10.0. The van der Waals surface area contributed by atoms with Gasteiger partial charge in [0.1, 0.15) is 0 Å². The van der Waals surface area contributed by atoms with Crippen LogP contribution < -0.4 is 5.32 Å². The summed E-state index contributed by atoms with van der Waals surface area (Å²) in [7, 11) is 0. The molecule has 1 aliphatic rings. The second-order valence-electron chi connectivity index (χ2n) is 4.85. The number of rotatable bonds is 3. The van der Waals surface area contributed by atoms with E-state index in [1.54, 1.807) is 6.20 Å². The van der Waals surface area contributed by atoms with E-state index < -0.39 is 0 Å². The van der Waals surface area contributed by atoms with E-state index in [1.807, 2.05) is 6.07 Å². The maximum atomic E-state index is 4.10. The Hall–Kier alpha value is -1.71. The molecule has 0 spiro atoms. The summed E-state index contributed by atoms with van der Waals surface area (Å²) < 4.78 is 0. The van der Waals surface area contributed by atoms with E-state index in [4.69, 9.17) is 0 Å². The van der Waals surface area contributed by atoms with Gasteiger partial charge in [-0.05, 0) is 17.2 Å². The smallest absolute Gasteiger partial charge is 0.0970 e.